The fourth-order valence-corrected chi connectivity index (χ4v) is 2.22. The summed E-state index contributed by atoms with van der Waals surface area (Å²) in [5, 5.41) is 11.5. The van der Waals surface area contributed by atoms with Gasteiger partial charge in [-0.15, -0.1) is 0 Å². The minimum absolute atomic E-state index is 0.255. The first-order chi connectivity index (χ1) is 9.30. The van der Waals surface area contributed by atoms with Crippen molar-refractivity contribution >= 4 is 11.8 Å². The van der Waals surface area contributed by atoms with E-state index in [4.69, 9.17) is 4.74 Å². The third-order valence-electron chi connectivity index (χ3n) is 3.37. The van der Waals surface area contributed by atoms with Crippen LogP contribution in [-0.2, 0) is 4.74 Å². The number of rotatable bonds is 2. The maximum Gasteiger partial charge on any atom is 0.410 e. The summed E-state index contributed by atoms with van der Waals surface area (Å²) < 4.78 is 5.33. The summed E-state index contributed by atoms with van der Waals surface area (Å²) in [4.78, 5) is 13.6. The Kier molecular flexibility index (Phi) is 3.90. The maximum atomic E-state index is 11.9. The summed E-state index contributed by atoms with van der Waals surface area (Å²) in [6.45, 7) is 6.94. The molecule has 1 aromatic rings. The summed E-state index contributed by atoms with van der Waals surface area (Å²) in [5.74, 6) is 0.612. The Bertz CT molecular complexity index is 502. The van der Waals surface area contributed by atoms with Gasteiger partial charge in [0.2, 0.25) is 0 Å². The number of quaternary nitrogens is 1. The number of benzene rings is 1. The van der Waals surface area contributed by atoms with Gasteiger partial charge in [-0.05, 0) is 32.4 Å². The molecule has 2 rings (SSSR count). The lowest BCUT2D eigenvalue weighted by Crippen LogP contribution is -2.72. The summed E-state index contributed by atoms with van der Waals surface area (Å²) in [6, 6.07) is 5.60. The zero-order valence-corrected chi connectivity index (χ0v) is 12.5. The van der Waals surface area contributed by atoms with Crippen LogP contribution in [0.4, 0.5) is 10.5 Å². The molecule has 5 heteroatoms. The number of amides is 1. The number of hydrogen-bond donors (Lipinski definition) is 2. The van der Waals surface area contributed by atoms with E-state index in [1.54, 1.807) is 11.0 Å². The third-order valence-corrected chi connectivity index (χ3v) is 3.37. The van der Waals surface area contributed by atoms with Crippen molar-refractivity contribution < 1.29 is 20.0 Å². The van der Waals surface area contributed by atoms with E-state index in [2.05, 4.69) is 0 Å². The van der Waals surface area contributed by atoms with Crippen molar-refractivity contribution in [1.82, 2.24) is 4.90 Å². The number of nitrogens with zero attached hydrogens (tertiary/aromatic N) is 1. The number of likely N-dealkylation sites (tertiary alicyclic amines) is 1. The van der Waals surface area contributed by atoms with Crippen LogP contribution in [-0.4, -0.2) is 41.8 Å². The Balaban J connectivity index is 1.95. The highest BCUT2D eigenvalue weighted by molar-refractivity contribution is 5.69. The van der Waals surface area contributed by atoms with Crippen LogP contribution in [0, 0.1) is 0 Å². The van der Waals surface area contributed by atoms with Crippen LogP contribution in [0.5, 0.6) is 5.75 Å². The van der Waals surface area contributed by atoms with Gasteiger partial charge in [-0.3, -0.25) is 0 Å². The molecule has 1 aliphatic rings. The second kappa shape index (κ2) is 5.32. The van der Waals surface area contributed by atoms with Crippen molar-refractivity contribution in [2.24, 2.45) is 0 Å². The van der Waals surface area contributed by atoms with Gasteiger partial charge >= 0.3 is 6.09 Å². The molecule has 3 N–H and O–H groups in total. The van der Waals surface area contributed by atoms with E-state index in [9.17, 15) is 9.90 Å². The van der Waals surface area contributed by atoms with Gasteiger partial charge < -0.3 is 20.1 Å². The highest BCUT2D eigenvalue weighted by atomic mass is 16.6. The summed E-state index contributed by atoms with van der Waals surface area (Å²) in [5.41, 5.74) is 1.53. The van der Waals surface area contributed by atoms with E-state index in [-0.39, 0.29) is 6.09 Å². The Morgan fingerprint density at radius 1 is 1.40 bits per heavy atom. The Labute approximate surface area is 119 Å². The van der Waals surface area contributed by atoms with E-state index in [0.717, 1.165) is 11.3 Å². The summed E-state index contributed by atoms with van der Waals surface area (Å²) in [6.07, 6.45) is -0.255. The first kappa shape index (κ1) is 14.7. The first-order valence-electron chi connectivity index (χ1n) is 6.90. The maximum absolute atomic E-state index is 11.9. The zero-order valence-electron chi connectivity index (χ0n) is 12.5. The normalized spacial score (nSPS) is 15.9. The molecule has 1 amide bonds. The van der Waals surface area contributed by atoms with Crippen molar-refractivity contribution in [3.63, 3.8) is 0 Å². The number of nitrogens with two attached hydrogens (primary N) is 1. The average Bonchev–Trinajstić information content (AvgIpc) is 2.26. The molecule has 1 saturated heterocycles. The molecule has 0 saturated carbocycles. The van der Waals surface area contributed by atoms with Gasteiger partial charge in [0.25, 0.3) is 0 Å². The lowest BCUT2D eigenvalue weighted by molar-refractivity contribution is -0.540. The van der Waals surface area contributed by atoms with E-state index >= 15 is 0 Å². The summed E-state index contributed by atoms with van der Waals surface area (Å²) in [7, 11) is 1.90. The van der Waals surface area contributed by atoms with Crippen LogP contribution in [0.15, 0.2) is 18.2 Å². The number of phenolic OH excluding ortho intramolecular Hbond substituents is 1. The van der Waals surface area contributed by atoms with Gasteiger partial charge in [0.1, 0.15) is 5.60 Å². The molecule has 1 aliphatic heterocycles. The monoisotopic (exact) mass is 279 g/mol. The van der Waals surface area contributed by atoms with Crippen molar-refractivity contribution in [3.8, 4) is 5.75 Å². The van der Waals surface area contributed by atoms with Crippen molar-refractivity contribution in [3.05, 3.63) is 23.8 Å². The van der Waals surface area contributed by atoms with Gasteiger partial charge in [-0.25, -0.2) is 4.79 Å². The second-order valence-electron chi connectivity index (χ2n) is 6.19. The van der Waals surface area contributed by atoms with Crippen molar-refractivity contribution in [2.75, 3.05) is 20.1 Å². The smallest absolute Gasteiger partial charge is 0.410 e. The van der Waals surface area contributed by atoms with Gasteiger partial charge in [-0.1, -0.05) is 6.07 Å². The zero-order chi connectivity index (χ0) is 14.9. The predicted octanol–water partition coefficient (Wildman–Crippen LogP) is 1.55. The summed E-state index contributed by atoms with van der Waals surface area (Å²) >= 11 is 0. The molecular formula is C15H23N2O3+. The third kappa shape index (κ3) is 3.22. The Morgan fingerprint density at radius 2 is 2.05 bits per heavy atom. The fraction of sp³-hybridized carbons (Fsp3) is 0.533. The molecule has 20 heavy (non-hydrogen) atoms. The fourth-order valence-electron chi connectivity index (χ4n) is 2.22. The molecule has 0 spiro atoms. The lowest BCUT2D eigenvalue weighted by atomic mass is 9.91. The number of aromatic hydroxyl groups is 1. The van der Waals surface area contributed by atoms with Crippen LogP contribution in [0.1, 0.15) is 32.3 Å². The average molecular weight is 279 g/mol. The Hall–Kier alpha value is -1.75. The Morgan fingerprint density at radius 3 is 2.60 bits per heavy atom. The first-order valence-corrected chi connectivity index (χ1v) is 6.90. The van der Waals surface area contributed by atoms with Gasteiger partial charge in [0.15, 0.2) is 11.4 Å². The van der Waals surface area contributed by atoms with E-state index in [1.807, 2.05) is 45.3 Å². The molecular weight excluding hydrogens is 256 g/mol. The molecule has 0 radical (unpaired) electrons. The number of carbonyl (C=O) groups excluding carboxylic acids is 1. The van der Waals surface area contributed by atoms with Gasteiger partial charge in [0, 0.05) is 25.1 Å². The molecule has 0 aliphatic carbocycles. The topological polar surface area (TPSA) is 66.4 Å². The SMILES string of the molecule is C[NH2+]c1cc(C2CN(C(=O)OC(C)(C)C)C2)ccc1O. The molecule has 1 fully saturated rings. The second-order valence-corrected chi connectivity index (χ2v) is 6.19. The number of ether oxygens (including phenoxy) is 1. The van der Waals surface area contributed by atoms with Crippen LogP contribution in [0.3, 0.4) is 0 Å². The lowest BCUT2D eigenvalue weighted by Gasteiger charge is -2.40. The molecule has 1 aromatic carbocycles. The number of phenols is 1. The molecule has 0 bridgehead atoms. The standard InChI is InChI=1S/C15H22N2O3/c1-15(2,3)20-14(19)17-8-11(9-17)10-5-6-13(18)12(7-10)16-4/h5-7,11,16,18H,8-9H2,1-4H3/p+1. The molecule has 0 aromatic heterocycles. The van der Waals surface area contributed by atoms with Gasteiger partial charge in [-0.2, -0.15) is 0 Å². The largest absolute Gasteiger partial charge is 0.503 e. The molecule has 0 atom stereocenters. The molecule has 0 unspecified atom stereocenters. The van der Waals surface area contributed by atoms with Crippen LogP contribution >= 0.6 is 0 Å². The van der Waals surface area contributed by atoms with Crippen molar-refractivity contribution in [1.29, 1.82) is 0 Å². The molecule has 1 heterocycles. The number of carbonyl (C=O) groups is 1. The predicted molar refractivity (Wildman–Crippen MR) is 76.2 cm³/mol. The van der Waals surface area contributed by atoms with E-state index in [1.165, 1.54) is 0 Å². The quantitative estimate of drug-likeness (QED) is 0.637. The molecule has 5 nitrogen and oxygen atoms in total. The van der Waals surface area contributed by atoms with Crippen LogP contribution in [0.2, 0.25) is 0 Å². The van der Waals surface area contributed by atoms with Crippen LogP contribution < -0.4 is 5.32 Å². The van der Waals surface area contributed by atoms with Crippen molar-refractivity contribution in [2.45, 2.75) is 32.3 Å². The van der Waals surface area contributed by atoms with E-state index < -0.39 is 5.60 Å². The minimum atomic E-state index is -0.453. The molecule has 110 valence electrons. The van der Waals surface area contributed by atoms with Crippen LogP contribution in [0.25, 0.3) is 0 Å². The van der Waals surface area contributed by atoms with Gasteiger partial charge in [0.05, 0.1) is 7.05 Å². The van der Waals surface area contributed by atoms with E-state index in [0.29, 0.717) is 24.8 Å². The highest BCUT2D eigenvalue weighted by Gasteiger charge is 2.34. The highest BCUT2D eigenvalue weighted by Crippen LogP contribution is 2.31. The number of hydrogen-bond acceptors (Lipinski definition) is 3. The minimum Gasteiger partial charge on any atom is -0.503 e.